The summed E-state index contributed by atoms with van der Waals surface area (Å²) in [4.78, 5) is 4.44. The number of hydrogen-bond donors (Lipinski definition) is 0. The lowest BCUT2D eigenvalue weighted by atomic mass is 10.00. The molecule has 1 saturated heterocycles. The monoisotopic (exact) mass is 311 g/mol. The van der Waals surface area contributed by atoms with Crippen LogP contribution in [0.1, 0.15) is 41.5 Å². The summed E-state index contributed by atoms with van der Waals surface area (Å²) in [6.07, 6.45) is 5.27. The van der Waals surface area contributed by atoms with E-state index in [1.807, 2.05) is 18.3 Å². The highest BCUT2D eigenvalue weighted by Crippen LogP contribution is 2.37. The van der Waals surface area contributed by atoms with Gasteiger partial charge in [0.05, 0.1) is 23.7 Å². The molecule has 0 saturated carbocycles. The molecule has 2 atom stereocenters. The van der Waals surface area contributed by atoms with Crippen LogP contribution in [0.5, 0.6) is 0 Å². The minimum Gasteiger partial charge on any atom is -0.500 e. The lowest BCUT2D eigenvalue weighted by Crippen LogP contribution is -2.15. The summed E-state index contributed by atoms with van der Waals surface area (Å²) in [6.45, 7) is 4.72. The van der Waals surface area contributed by atoms with Gasteiger partial charge >= 0.3 is 0 Å². The third kappa shape index (κ3) is 2.93. The molecule has 0 bridgehead atoms. The Morgan fingerprint density at radius 3 is 3.11 bits per heavy atom. The number of rotatable bonds is 4. The number of alkyl halides is 1. The molecule has 0 aromatic carbocycles. The first-order chi connectivity index (χ1) is 8.74. The van der Waals surface area contributed by atoms with Gasteiger partial charge in [0, 0.05) is 12.8 Å². The maximum absolute atomic E-state index is 5.81. The first kappa shape index (κ1) is 13.6. The molecule has 1 aliphatic heterocycles. The highest BCUT2D eigenvalue weighted by atomic mass is 79.9. The fourth-order valence-corrected chi connectivity index (χ4v) is 2.72. The number of hydrogen-bond acceptors (Lipinski definition) is 3. The van der Waals surface area contributed by atoms with Crippen molar-refractivity contribution in [1.82, 2.24) is 4.98 Å². The van der Waals surface area contributed by atoms with Crippen molar-refractivity contribution in [1.29, 1.82) is 0 Å². The molecule has 1 fully saturated rings. The highest BCUT2D eigenvalue weighted by Gasteiger charge is 2.24. The Hall–Kier alpha value is -0.870. The van der Waals surface area contributed by atoms with Gasteiger partial charge in [0.1, 0.15) is 5.76 Å². The molecule has 0 spiro atoms. The molecule has 1 aromatic rings. The molecule has 1 aliphatic rings. The molecule has 2 heterocycles. The number of pyridine rings is 1. The van der Waals surface area contributed by atoms with Crippen molar-refractivity contribution < 1.29 is 9.47 Å². The number of ether oxygens (including phenoxy) is 2. The van der Waals surface area contributed by atoms with E-state index in [2.05, 4.69) is 27.5 Å². The Kier molecular flexibility index (Phi) is 4.78. The predicted molar refractivity (Wildman–Crippen MR) is 74.6 cm³/mol. The van der Waals surface area contributed by atoms with Gasteiger partial charge in [-0.1, -0.05) is 28.6 Å². The van der Waals surface area contributed by atoms with Crippen molar-refractivity contribution >= 4 is 15.9 Å². The first-order valence-corrected chi connectivity index (χ1v) is 7.09. The van der Waals surface area contributed by atoms with Crippen molar-refractivity contribution in [2.75, 3.05) is 13.7 Å². The zero-order valence-corrected chi connectivity index (χ0v) is 12.1. The largest absolute Gasteiger partial charge is 0.500 e. The smallest absolute Gasteiger partial charge is 0.107 e. The van der Waals surface area contributed by atoms with Gasteiger partial charge in [-0.3, -0.25) is 4.98 Å². The van der Waals surface area contributed by atoms with E-state index in [4.69, 9.17) is 9.47 Å². The maximum Gasteiger partial charge on any atom is 0.107 e. The zero-order valence-electron chi connectivity index (χ0n) is 10.6. The van der Waals surface area contributed by atoms with E-state index in [-0.39, 0.29) is 10.9 Å². The third-order valence-electron chi connectivity index (χ3n) is 3.17. The molecule has 2 rings (SSSR count). The minimum absolute atomic E-state index is 0.0447. The van der Waals surface area contributed by atoms with Crippen LogP contribution >= 0.6 is 15.9 Å². The molecule has 1 aromatic heterocycles. The number of halogens is 1. The molecular formula is C14H18BrNO2. The van der Waals surface area contributed by atoms with Crippen molar-refractivity contribution in [2.24, 2.45) is 0 Å². The van der Waals surface area contributed by atoms with Gasteiger partial charge in [0.15, 0.2) is 0 Å². The van der Waals surface area contributed by atoms with Crippen LogP contribution in [0, 0.1) is 0 Å². The number of nitrogens with zero attached hydrogens (tertiary/aromatic N) is 1. The molecule has 4 heteroatoms. The molecular weight excluding hydrogens is 294 g/mol. The van der Waals surface area contributed by atoms with Crippen LogP contribution in [0.3, 0.4) is 0 Å². The molecule has 0 radical (unpaired) electrons. The summed E-state index contributed by atoms with van der Waals surface area (Å²) in [5.41, 5.74) is 2.08. The summed E-state index contributed by atoms with van der Waals surface area (Å²) in [5.74, 6) is 0.681. The van der Waals surface area contributed by atoms with Crippen LogP contribution in [-0.2, 0) is 9.47 Å². The SMILES string of the molecule is C=C(OC)C(Br)c1cccnc1C1CCCCO1. The summed E-state index contributed by atoms with van der Waals surface area (Å²) in [6, 6.07) is 3.97. The molecule has 98 valence electrons. The molecule has 18 heavy (non-hydrogen) atoms. The van der Waals surface area contributed by atoms with Crippen LogP contribution in [0.2, 0.25) is 0 Å². The van der Waals surface area contributed by atoms with E-state index in [1.54, 1.807) is 7.11 Å². The Labute approximate surface area is 116 Å². The molecule has 2 unspecified atom stereocenters. The Balaban J connectivity index is 2.27. The summed E-state index contributed by atoms with van der Waals surface area (Å²) < 4.78 is 11.0. The van der Waals surface area contributed by atoms with Crippen LogP contribution in [-0.4, -0.2) is 18.7 Å². The number of allylic oxidation sites excluding steroid dienone is 1. The van der Waals surface area contributed by atoms with E-state index in [0.29, 0.717) is 5.76 Å². The Bertz CT molecular complexity index is 416. The van der Waals surface area contributed by atoms with E-state index < -0.39 is 0 Å². The van der Waals surface area contributed by atoms with Gasteiger partial charge in [-0.15, -0.1) is 0 Å². The molecule has 0 aliphatic carbocycles. The van der Waals surface area contributed by atoms with E-state index >= 15 is 0 Å². The standard InChI is InChI=1S/C14H18BrNO2/c1-10(17-2)13(15)11-6-5-8-16-14(11)12-7-3-4-9-18-12/h5-6,8,12-13H,1,3-4,7,9H2,2H3. The quantitative estimate of drug-likeness (QED) is 0.624. The molecule has 0 N–H and O–H groups in total. The highest BCUT2D eigenvalue weighted by molar-refractivity contribution is 9.09. The second-order valence-electron chi connectivity index (χ2n) is 4.37. The number of aromatic nitrogens is 1. The first-order valence-electron chi connectivity index (χ1n) is 6.17. The van der Waals surface area contributed by atoms with Gasteiger partial charge in [-0.05, 0) is 30.9 Å². The lowest BCUT2D eigenvalue weighted by Gasteiger charge is -2.25. The minimum atomic E-state index is -0.0447. The molecule has 3 nitrogen and oxygen atoms in total. The van der Waals surface area contributed by atoms with Crippen LogP contribution in [0.25, 0.3) is 0 Å². The van der Waals surface area contributed by atoms with Gasteiger partial charge < -0.3 is 9.47 Å². The van der Waals surface area contributed by atoms with Crippen molar-refractivity contribution in [2.45, 2.75) is 30.2 Å². The zero-order chi connectivity index (χ0) is 13.0. The van der Waals surface area contributed by atoms with Crippen LogP contribution in [0.4, 0.5) is 0 Å². The van der Waals surface area contributed by atoms with Crippen molar-refractivity contribution in [3.63, 3.8) is 0 Å². The lowest BCUT2D eigenvalue weighted by molar-refractivity contribution is 0.0117. The second kappa shape index (κ2) is 6.34. The predicted octanol–water partition coefficient (Wildman–Crippen LogP) is 3.92. The second-order valence-corrected chi connectivity index (χ2v) is 5.28. The van der Waals surface area contributed by atoms with E-state index in [1.165, 1.54) is 6.42 Å². The average Bonchev–Trinajstić information content (AvgIpc) is 2.46. The molecule has 0 amide bonds. The van der Waals surface area contributed by atoms with Crippen molar-refractivity contribution in [3.05, 3.63) is 41.9 Å². The Morgan fingerprint density at radius 1 is 1.61 bits per heavy atom. The van der Waals surface area contributed by atoms with Gasteiger partial charge in [0.2, 0.25) is 0 Å². The van der Waals surface area contributed by atoms with Gasteiger partial charge in [0.25, 0.3) is 0 Å². The van der Waals surface area contributed by atoms with Gasteiger partial charge in [-0.2, -0.15) is 0 Å². The van der Waals surface area contributed by atoms with Crippen molar-refractivity contribution in [3.8, 4) is 0 Å². The summed E-state index contributed by atoms with van der Waals surface area (Å²) in [7, 11) is 1.63. The normalized spacial score (nSPS) is 21.3. The van der Waals surface area contributed by atoms with Crippen LogP contribution in [0.15, 0.2) is 30.7 Å². The van der Waals surface area contributed by atoms with Crippen LogP contribution < -0.4 is 0 Å². The van der Waals surface area contributed by atoms with Gasteiger partial charge in [-0.25, -0.2) is 0 Å². The fourth-order valence-electron chi connectivity index (χ4n) is 2.15. The average molecular weight is 312 g/mol. The third-order valence-corrected chi connectivity index (χ3v) is 4.18. The van der Waals surface area contributed by atoms with E-state index in [9.17, 15) is 0 Å². The Morgan fingerprint density at radius 2 is 2.44 bits per heavy atom. The van der Waals surface area contributed by atoms with E-state index in [0.717, 1.165) is 30.7 Å². The fraction of sp³-hybridized carbons (Fsp3) is 0.500. The topological polar surface area (TPSA) is 31.4 Å². The number of methoxy groups -OCH3 is 1. The summed E-state index contributed by atoms with van der Waals surface area (Å²) in [5, 5.41) is 0. The maximum atomic E-state index is 5.81. The summed E-state index contributed by atoms with van der Waals surface area (Å²) >= 11 is 3.61.